The SMILES string of the molecule is CCCc1cc(C(=O)NCC[C@]2(c3ccccc3)CCOC(C)(C)C2)n[nH]1. The van der Waals surface area contributed by atoms with Crippen molar-refractivity contribution in [2.45, 2.75) is 63.9 Å². The van der Waals surface area contributed by atoms with Gasteiger partial charge in [-0.1, -0.05) is 43.7 Å². The highest BCUT2D eigenvalue weighted by Crippen LogP contribution is 2.43. The summed E-state index contributed by atoms with van der Waals surface area (Å²) in [5, 5.41) is 10.1. The van der Waals surface area contributed by atoms with Crippen molar-refractivity contribution in [1.29, 1.82) is 0 Å². The number of carbonyl (C=O) groups excluding carboxylic acids is 1. The summed E-state index contributed by atoms with van der Waals surface area (Å²) in [4.78, 5) is 12.5. The molecule has 146 valence electrons. The van der Waals surface area contributed by atoms with Gasteiger partial charge in [-0.15, -0.1) is 0 Å². The summed E-state index contributed by atoms with van der Waals surface area (Å²) in [5.74, 6) is -0.108. The van der Waals surface area contributed by atoms with Crippen molar-refractivity contribution in [1.82, 2.24) is 15.5 Å². The molecule has 2 heterocycles. The highest BCUT2D eigenvalue weighted by Gasteiger charge is 2.41. The number of carbonyl (C=O) groups is 1. The summed E-state index contributed by atoms with van der Waals surface area (Å²) in [5.41, 5.74) is 2.68. The average Bonchev–Trinajstić information content (AvgIpc) is 3.11. The topological polar surface area (TPSA) is 67.0 Å². The van der Waals surface area contributed by atoms with Crippen LogP contribution in [0, 0.1) is 0 Å². The average molecular weight is 370 g/mol. The van der Waals surface area contributed by atoms with Gasteiger partial charge in [0, 0.05) is 24.3 Å². The van der Waals surface area contributed by atoms with E-state index in [9.17, 15) is 4.79 Å². The van der Waals surface area contributed by atoms with E-state index in [-0.39, 0.29) is 16.9 Å². The van der Waals surface area contributed by atoms with Crippen LogP contribution in [0.4, 0.5) is 0 Å². The Morgan fingerprint density at radius 3 is 2.78 bits per heavy atom. The Morgan fingerprint density at radius 1 is 1.30 bits per heavy atom. The molecule has 1 aliphatic rings. The first-order valence-corrected chi connectivity index (χ1v) is 9.96. The monoisotopic (exact) mass is 369 g/mol. The van der Waals surface area contributed by atoms with Crippen molar-refractivity contribution in [2.75, 3.05) is 13.2 Å². The van der Waals surface area contributed by atoms with Gasteiger partial charge in [0.1, 0.15) is 5.69 Å². The number of aryl methyl sites for hydroxylation is 1. The van der Waals surface area contributed by atoms with Crippen molar-refractivity contribution < 1.29 is 9.53 Å². The number of aromatic amines is 1. The molecule has 0 saturated carbocycles. The number of aromatic nitrogens is 2. The Kier molecular flexibility index (Phi) is 6.00. The molecule has 3 rings (SSSR count). The zero-order valence-corrected chi connectivity index (χ0v) is 16.7. The normalized spacial score (nSPS) is 21.7. The lowest BCUT2D eigenvalue weighted by molar-refractivity contribution is -0.0838. The Morgan fingerprint density at radius 2 is 2.07 bits per heavy atom. The minimum absolute atomic E-state index is 0.0231. The number of nitrogens with one attached hydrogen (secondary N) is 2. The number of H-pyrrole nitrogens is 1. The lowest BCUT2D eigenvalue weighted by atomic mass is 9.67. The Hall–Kier alpha value is -2.14. The van der Waals surface area contributed by atoms with Gasteiger partial charge in [-0.3, -0.25) is 9.89 Å². The third-order valence-corrected chi connectivity index (χ3v) is 5.50. The summed E-state index contributed by atoms with van der Waals surface area (Å²) >= 11 is 0. The van der Waals surface area contributed by atoms with Crippen LogP contribution in [0.3, 0.4) is 0 Å². The molecule has 5 heteroatoms. The second-order valence-electron chi connectivity index (χ2n) is 8.22. The van der Waals surface area contributed by atoms with Crippen LogP contribution in [0.25, 0.3) is 0 Å². The Labute approximate surface area is 161 Å². The molecule has 0 aliphatic carbocycles. The Balaban J connectivity index is 1.67. The molecule has 0 radical (unpaired) electrons. The van der Waals surface area contributed by atoms with E-state index >= 15 is 0 Å². The fraction of sp³-hybridized carbons (Fsp3) is 0.545. The molecular weight excluding hydrogens is 338 g/mol. The fourth-order valence-corrected chi connectivity index (χ4v) is 4.25. The third kappa shape index (κ3) is 4.78. The van der Waals surface area contributed by atoms with Crippen molar-refractivity contribution in [3.8, 4) is 0 Å². The molecule has 2 aromatic rings. The first-order valence-electron chi connectivity index (χ1n) is 9.96. The van der Waals surface area contributed by atoms with Crippen LogP contribution in [0.15, 0.2) is 36.4 Å². The minimum Gasteiger partial charge on any atom is -0.376 e. The maximum Gasteiger partial charge on any atom is 0.271 e. The summed E-state index contributed by atoms with van der Waals surface area (Å²) in [6, 6.07) is 12.5. The van der Waals surface area contributed by atoms with E-state index in [4.69, 9.17) is 4.74 Å². The standard InChI is InChI=1S/C22H31N3O2/c1-4-8-18-15-19(25-24-18)20(26)23-13-11-22(17-9-6-5-7-10-17)12-14-27-21(2,3)16-22/h5-7,9-10,15H,4,8,11-14,16H2,1-3H3,(H,23,26)(H,24,25)/t22-/m0/s1. The second-order valence-corrected chi connectivity index (χ2v) is 8.22. The second kappa shape index (κ2) is 8.26. The predicted molar refractivity (Wildman–Crippen MR) is 107 cm³/mol. The highest BCUT2D eigenvalue weighted by atomic mass is 16.5. The Bertz CT molecular complexity index is 754. The molecule has 1 fully saturated rings. The van der Waals surface area contributed by atoms with E-state index < -0.39 is 0 Å². The maximum atomic E-state index is 12.5. The van der Waals surface area contributed by atoms with Gasteiger partial charge in [0.15, 0.2) is 0 Å². The first-order chi connectivity index (χ1) is 12.9. The number of ether oxygens (including phenoxy) is 1. The van der Waals surface area contributed by atoms with Gasteiger partial charge >= 0.3 is 0 Å². The van der Waals surface area contributed by atoms with Gasteiger partial charge in [-0.2, -0.15) is 5.10 Å². The van der Waals surface area contributed by atoms with Gasteiger partial charge < -0.3 is 10.1 Å². The smallest absolute Gasteiger partial charge is 0.271 e. The van der Waals surface area contributed by atoms with E-state index in [0.717, 1.165) is 44.4 Å². The van der Waals surface area contributed by atoms with Crippen LogP contribution >= 0.6 is 0 Å². The molecule has 0 unspecified atom stereocenters. The largest absolute Gasteiger partial charge is 0.376 e. The van der Waals surface area contributed by atoms with Gasteiger partial charge in [-0.05, 0) is 51.2 Å². The molecule has 1 aromatic heterocycles. The van der Waals surface area contributed by atoms with E-state index in [1.54, 1.807) is 0 Å². The lowest BCUT2D eigenvalue weighted by Gasteiger charge is -2.45. The van der Waals surface area contributed by atoms with Gasteiger partial charge in [0.25, 0.3) is 5.91 Å². The van der Waals surface area contributed by atoms with Crippen LogP contribution in [-0.2, 0) is 16.6 Å². The summed E-state index contributed by atoms with van der Waals surface area (Å²) in [6.45, 7) is 7.79. The van der Waals surface area contributed by atoms with E-state index in [1.807, 2.05) is 6.07 Å². The molecule has 0 bridgehead atoms. The molecule has 2 N–H and O–H groups in total. The molecule has 1 saturated heterocycles. The van der Waals surface area contributed by atoms with Crippen LogP contribution in [0.1, 0.15) is 68.2 Å². The van der Waals surface area contributed by atoms with Gasteiger partial charge in [0.2, 0.25) is 0 Å². The number of hydrogen-bond donors (Lipinski definition) is 2. The molecule has 27 heavy (non-hydrogen) atoms. The van der Waals surface area contributed by atoms with Gasteiger partial charge in [-0.25, -0.2) is 0 Å². The number of hydrogen-bond acceptors (Lipinski definition) is 3. The van der Waals surface area contributed by atoms with E-state index in [0.29, 0.717) is 12.2 Å². The van der Waals surface area contributed by atoms with Crippen molar-refractivity contribution in [3.63, 3.8) is 0 Å². The van der Waals surface area contributed by atoms with Gasteiger partial charge in [0.05, 0.1) is 5.60 Å². The molecule has 0 spiro atoms. The third-order valence-electron chi connectivity index (χ3n) is 5.50. The quantitative estimate of drug-likeness (QED) is 0.775. The summed E-state index contributed by atoms with van der Waals surface area (Å²) in [6.07, 6.45) is 4.75. The molecular formula is C22H31N3O2. The number of amides is 1. The highest BCUT2D eigenvalue weighted by molar-refractivity contribution is 5.92. The number of nitrogens with zero attached hydrogens (tertiary/aromatic N) is 1. The zero-order valence-electron chi connectivity index (χ0n) is 16.7. The molecule has 1 aliphatic heterocycles. The van der Waals surface area contributed by atoms with Crippen molar-refractivity contribution in [3.05, 3.63) is 53.3 Å². The molecule has 1 amide bonds. The van der Waals surface area contributed by atoms with E-state index in [1.165, 1.54) is 5.56 Å². The van der Waals surface area contributed by atoms with Crippen molar-refractivity contribution in [2.24, 2.45) is 0 Å². The van der Waals surface area contributed by atoms with Crippen LogP contribution in [0.5, 0.6) is 0 Å². The zero-order chi connectivity index (χ0) is 19.3. The minimum atomic E-state index is -0.157. The predicted octanol–water partition coefficient (Wildman–Crippen LogP) is 4.01. The van der Waals surface area contributed by atoms with E-state index in [2.05, 4.69) is 66.6 Å². The molecule has 1 atom stereocenters. The molecule has 1 aromatic carbocycles. The van der Waals surface area contributed by atoms with Crippen LogP contribution in [-0.4, -0.2) is 34.9 Å². The van der Waals surface area contributed by atoms with Crippen LogP contribution < -0.4 is 5.32 Å². The summed E-state index contributed by atoms with van der Waals surface area (Å²) < 4.78 is 5.96. The van der Waals surface area contributed by atoms with Crippen LogP contribution in [0.2, 0.25) is 0 Å². The fourth-order valence-electron chi connectivity index (χ4n) is 4.25. The first kappa shape index (κ1) is 19.6. The summed E-state index contributed by atoms with van der Waals surface area (Å²) in [7, 11) is 0. The molecule has 5 nitrogen and oxygen atoms in total. The maximum absolute atomic E-state index is 12.5. The number of rotatable bonds is 7. The number of benzene rings is 1. The lowest BCUT2D eigenvalue weighted by Crippen LogP contribution is -2.45. The van der Waals surface area contributed by atoms with Crippen molar-refractivity contribution >= 4 is 5.91 Å².